The molecule has 0 atom stereocenters. The summed E-state index contributed by atoms with van der Waals surface area (Å²) in [5.41, 5.74) is 0.344. The molecule has 0 aliphatic rings. The van der Waals surface area contributed by atoms with E-state index in [1.807, 2.05) is 14.1 Å². The zero-order chi connectivity index (χ0) is 10.6. The first-order valence-corrected chi connectivity index (χ1v) is 4.60. The van der Waals surface area contributed by atoms with Crippen LogP contribution in [0.5, 0.6) is 0 Å². The van der Waals surface area contributed by atoms with Crippen LogP contribution >= 0.6 is 0 Å². The second kappa shape index (κ2) is 4.76. The molecule has 0 aliphatic heterocycles. The highest BCUT2D eigenvalue weighted by atomic mass is 16.5. The van der Waals surface area contributed by atoms with Crippen LogP contribution in [0.1, 0.15) is 16.2 Å². The smallest absolute Gasteiger partial charge is 0.273 e. The minimum Gasteiger partial charge on any atom is -0.361 e. The molecule has 0 aromatic carbocycles. The monoisotopic (exact) mass is 198 g/mol. The van der Waals surface area contributed by atoms with Crippen LogP contribution in [0.25, 0.3) is 0 Å². The fraction of sp³-hybridized carbons (Fsp3) is 0.556. The molecule has 0 spiro atoms. The SMILES string of the molecule is Cc1cc(C(=O)NCC[NH+](C)C)no1. The van der Waals surface area contributed by atoms with Crippen molar-refractivity contribution in [3.63, 3.8) is 0 Å². The number of nitrogens with zero attached hydrogens (tertiary/aromatic N) is 1. The Kier molecular flexibility index (Phi) is 3.64. The summed E-state index contributed by atoms with van der Waals surface area (Å²) in [4.78, 5) is 12.7. The van der Waals surface area contributed by atoms with Gasteiger partial charge in [-0.3, -0.25) is 4.79 Å². The summed E-state index contributed by atoms with van der Waals surface area (Å²) < 4.78 is 4.80. The van der Waals surface area contributed by atoms with Gasteiger partial charge >= 0.3 is 0 Å². The van der Waals surface area contributed by atoms with Gasteiger partial charge in [-0.05, 0) is 6.92 Å². The first kappa shape index (κ1) is 10.7. The molecule has 5 nitrogen and oxygen atoms in total. The molecule has 0 unspecified atom stereocenters. The minimum absolute atomic E-state index is 0.178. The van der Waals surface area contributed by atoms with Gasteiger partial charge in [-0.25, -0.2) is 0 Å². The van der Waals surface area contributed by atoms with Crippen LogP contribution in [-0.2, 0) is 0 Å². The lowest BCUT2D eigenvalue weighted by Gasteiger charge is -2.06. The summed E-state index contributed by atoms with van der Waals surface area (Å²) in [5.74, 6) is 0.469. The van der Waals surface area contributed by atoms with E-state index in [-0.39, 0.29) is 5.91 Å². The fourth-order valence-electron chi connectivity index (χ4n) is 0.990. The molecule has 2 N–H and O–H groups in total. The zero-order valence-electron chi connectivity index (χ0n) is 8.76. The molecular weight excluding hydrogens is 182 g/mol. The minimum atomic E-state index is -0.178. The van der Waals surface area contributed by atoms with Gasteiger partial charge in [0, 0.05) is 6.07 Å². The predicted molar refractivity (Wildman–Crippen MR) is 51.3 cm³/mol. The van der Waals surface area contributed by atoms with Crippen molar-refractivity contribution in [2.75, 3.05) is 27.2 Å². The van der Waals surface area contributed by atoms with Gasteiger partial charge < -0.3 is 14.7 Å². The zero-order valence-corrected chi connectivity index (χ0v) is 8.76. The number of amides is 1. The normalized spacial score (nSPS) is 10.6. The van der Waals surface area contributed by atoms with Crippen molar-refractivity contribution in [1.29, 1.82) is 0 Å². The van der Waals surface area contributed by atoms with E-state index in [2.05, 4.69) is 10.5 Å². The third kappa shape index (κ3) is 3.18. The molecule has 5 heteroatoms. The topological polar surface area (TPSA) is 59.6 Å². The second-order valence-corrected chi connectivity index (χ2v) is 3.54. The average molecular weight is 198 g/mol. The molecule has 1 heterocycles. The van der Waals surface area contributed by atoms with Gasteiger partial charge in [0.25, 0.3) is 5.91 Å². The van der Waals surface area contributed by atoms with Crippen LogP contribution in [0, 0.1) is 6.92 Å². The number of hydrogen-bond donors (Lipinski definition) is 2. The Morgan fingerprint density at radius 2 is 2.36 bits per heavy atom. The van der Waals surface area contributed by atoms with Gasteiger partial charge in [0.1, 0.15) is 5.76 Å². The number of likely N-dealkylation sites (N-methyl/N-ethyl adjacent to an activating group) is 1. The molecule has 0 radical (unpaired) electrons. The quantitative estimate of drug-likeness (QED) is 0.643. The van der Waals surface area contributed by atoms with E-state index < -0.39 is 0 Å². The molecule has 0 saturated carbocycles. The maximum Gasteiger partial charge on any atom is 0.273 e. The Labute approximate surface area is 83.1 Å². The van der Waals surface area contributed by atoms with E-state index in [0.717, 1.165) is 6.54 Å². The molecule has 1 rings (SSSR count). The maximum atomic E-state index is 11.4. The summed E-state index contributed by atoms with van der Waals surface area (Å²) >= 11 is 0. The number of aromatic nitrogens is 1. The van der Waals surface area contributed by atoms with Crippen LogP contribution in [0.4, 0.5) is 0 Å². The van der Waals surface area contributed by atoms with Gasteiger partial charge in [-0.15, -0.1) is 0 Å². The number of rotatable bonds is 4. The van der Waals surface area contributed by atoms with Crippen molar-refractivity contribution in [1.82, 2.24) is 10.5 Å². The van der Waals surface area contributed by atoms with Crippen LogP contribution in [0.2, 0.25) is 0 Å². The third-order valence-electron chi connectivity index (χ3n) is 1.77. The van der Waals surface area contributed by atoms with Crippen molar-refractivity contribution in [2.45, 2.75) is 6.92 Å². The van der Waals surface area contributed by atoms with Gasteiger partial charge in [-0.1, -0.05) is 5.16 Å². The number of aryl methyl sites for hydroxylation is 1. The maximum absolute atomic E-state index is 11.4. The molecule has 78 valence electrons. The van der Waals surface area contributed by atoms with E-state index in [1.54, 1.807) is 13.0 Å². The Hall–Kier alpha value is -1.36. The summed E-state index contributed by atoms with van der Waals surface area (Å²) in [5, 5.41) is 6.38. The third-order valence-corrected chi connectivity index (χ3v) is 1.77. The molecule has 14 heavy (non-hydrogen) atoms. The van der Waals surface area contributed by atoms with Crippen LogP contribution in [-0.4, -0.2) is 38.2 Å². The van der Waals surface area contributed by atoms with Crippen LogP contribution in [0.15, 0.2) is 10.6 Å². The van der Waals surface area contributed by atoms with Gasteiger partial charge in [-0.2, -0.15) is 0 Å². The molecule has 1 amide bonds. The number of hydrogen-bond acceptors (Lipinski definition) is 3. The Bertz CT molecular complexity index is 307. The van der Waals surface area contributed by atoms with Crippen LogP contribution in [0.3, 0.4) is 0 Å². The molecular formula is C9H16N3O2+. The Balaban J connectivity index is 2.36. The van der Waals surface area contributed by atoms with Crippen molar-refractivity contribution < 1.29 is 14.2 Å². The van der Waals surface area contributed by atoms with Crippen LogP contribution < -0.4 is 10.2 Å². The molecule has 0 saturated heterocycles. The highest BCUT2D eigenvalue weighted by Crippen LogP contribution is 2.00. The highest BCUT2D eigenvalue weighted by molar-refractivity contribution is 5.92. The van der Waals surface area contributed by atoms with E-state index in [4.69, 9.17) is 4.52 Å². The largest absolute Gasteiger partial charge is 0.361 e. The van der Waals surface area contributed by atoms with Crippen molar-refractivity contribution in [3.8, 4) is 0 Å². The molecule has 0 fully saturated rings. The highest BCUT2D eigenvalue weighted by Gasteiger charge is 2.09. The van der Waals surface area contributed by atoms with E-state index in [1.165, 1.54) is 4.90 Å². The van der Waals surface area contributed by atoms with Crippen molar-refractivity contribution in [2.24, 2.45) is 0 Å². The molecule has 1 aromatic heterocycles. The molecule has 0 bridgehead atoms. The Morgan fingerprint density at radius 1 is 1.64 bits per heavy atom. The lowest BCUT2D eigenvalue weighted by Crippen LogP contribution is -3.06. The van der Waals surface area contributed by atoms with Crippen molar-refractivity contribution >= 4 is 5.91 Å². The second-order valence-electron chi connectivity index (χ2n) is 3.54. The number of carbonyl (C=O) groups is 1. The van der Waals surface area contributed by atoms with Crippen molar-refractivity contribution in [3.05, 3.63) is 17.5 Å². The standard InChI is InChI=1S/C9H15N3O2/c1-7-6-8(11-14-7)9(13)10-4-5-12(2)3/h6H,4-5H2,1-3H3,(H,10,13)/p+1. The fourth-order valence-corrected chi connectivity index (χ4v) is 0.990. The first-order chi connectivity index (χ1) is 6.59. The summed E-state index contributed by atoms with van der Waals surface area (Å²) in [6, 6.07) is 1.62. The average Bonchev–Trinajstić information content (AvgIpc) is 2.51. The van der Waals surface area contributed by atoms with E-state index in [9.17, 15) is 4.79 Å². The van der Waals surface area contributed by atoms with E-state index in [0.29, 0.717) is 18.0 Å². The molecule has 0 aliphatic carbocycles. The number of carbonyl (C=O) groups excluding carboxylic acids is 1. The summed E-state index contributed by atoms with van der Waals surface area (Å²) in [6.07, 6.45) is 0. The first-order valence-electron chi connectivity index (χ1n) is 4.60. The number of quaternary nitrogens is 1. The predicted octanol–water partition coefficient (Wildman–Crippen LogP) is -1.14. The molecule has 1 aromatic rings. The lowest BCUT2D eigenvalue weighted by molar-refractivity contribution is -0.856. The lowest BCUT2D eigenvalue weighted by atomic mass is 10.3. The van der Waals surface area contributed by atoms with Gasteiger partial charge in [0.2, 0.25) is 0 Å². The number of nitrogens with one attached hydrogen (secondary N) is 2. The van der Waals surface area contributed by atoms with Gasteiger partial charge in [0.15, 0.2) is 5.69 Å². The van der Waals surface area contributed by atoms with Gasteiger partial charge in [0.05, 0.1) is 27.2 Å². The Morgan fingerprint density at radius 3 is 2.86 bits per heavy atom. The van der Waals surface area contributed by atoms with E-state index >= 15 is 0 Å². The summed E-state index contributed by atoms with van der Waals surface area (Å²) in [7, 11) is 4.07. The summed E-state index contributed by atoms with van der Waals surface area (Å²) in [6.45, 7) is 3.30.